The van der Waals surface area contributed by atoms with Crippen LogP contribution in [0.3, 0.4) is 0 Å². The van der Waals surface area contributed by atoms with Gasteiger partial charge in [0.05, 0.1) is 5.69 Å². The van der Waals surface area contributed by atoms with Crippen molar-refractivity contribution < 1.29 is 9.90 Å². The third-order valence-corrected chi connectivity index (χ3v) is 3.78. The highest BCUT2D eigenvalue weighted by molar-refractivity contribution is 5.94. The molecule has 0 unspecified atom stereocenters. The van der Waals surface area contributed by atoms with Crippen molar-refractivity contribution in [2.45, 2.75) is 20.8 Å². The van der Waals surface area contributed by atoms with Crippen LogP contribution in [0.2, 0.25) is 0 Å². The van der Waals surface area contributed by atoms with Crippen molar-refractivity contribution in [2.24, 2.45) is 5.73 Å². The number of phenolic OH excluding ortho intramolecular Hbond substituents is 1. The molecule has 0 amide bonds. The van der Waals surface area contributed by atoms with Crippen LogP contribution in [0.15, 0.2) is 60.7 Å². The summed E-state index contributed by atoms with van der Waals surface area (Å²) in [5, 5.41) is 9.69. The van der Waals surface area contributed by atoms with E-state index in [1.54, 1.807) is 18.2 Å². The van der Waals surface area contributed by atoms with Crippen LogP contribution in [0.1, 0.15) is 29.9 Å². The first-order valence-corrected chi connectivity index (χ1v) is 8.54. The second-order valence-corrected chi connectivity index (χ2v) is 5.96. The number of hydrogen-bond donors (Lipinski definition) is 2. The minimum Gasteiger partial charge on any atom is -0.508 e. The zero-order valence-corrected chi connectivity index (χ0v) is 15.4. The third kappa shape index (κ3) is 4.77. The molecule has 0 aliphatic carbocycles. The standard InChI is InChI=1S/C20H17NO2.C2H7N/c1-13-6-3-4-9-18(13)16-11-19(14(2)22)21-20(12-16)15-7-5-8-17(23)10-15;1-2-3/h3-12,23H,1-2H3;2-3H2,1H3. The molecule has 0 atom stereocenters. The number of benzene rings is 2. The molecule has 3 rings (SSSR count). The van der Waals surface area contributed by atoms with Gasteiger partial charge in [0.1, 0.15) is 11.4 Å². The molecule has 1 aromatic heterocycles. The lowest BCUT2D eigenvalue weighted by Gasteiger charge is -2.10. The molecular weight excluding hydrogens is 324 g/mol. The van der Waals surface area contributed by atoms with Crippen LogP contribution in [0, 0.1) is 6.92 Å². The molecule has 0 fully saturated rings. The number of pyridine rings is 1. The fourth-order valence-corrected chi connectivity index (χ4v) is 2.58. The number of Topliss-reactive ketones (excluding diaryl/α,β-unsaturated/α-hetero) is 1. The predicted octanol–water partition coefficient (Wildman–Crippen LogP) is 4.60. The van der Waals surface area contributed by atoms with E-state index in [0.29, 0.717) is 11.4 Å². The van der Waals surface area contributed by atoms with Gasteiger partial charge in [0.2, 0.25) is 0 Å². The smallest absolute Gasteiger partial charge is 0.178 e. The van der Waals surface area contributed by atoms with Crippen LogP contribution in [-0.2, 0) is 0 Å². The summed E-state index contributed by atoms with van der Waals surface area (Å²) in [6.07, 6.45) is 0. The van der Waals surface area contributed by atoms with Crippen molar-refractivity contribution in [3.05, 3.63) is 71.9 Å². The largest absolute Gasteiger partial charge is 0.508 e. The van der Waals surface area contributed by atoms with Gasteiger partial charge in [0.25, 0.3) is 0 Å². The summed E-state index contributed by atoms with van der Waals surface area (Å²) >= 11 is 0. The highest BCUT2D eigenvalue weighted by Gasteiger charge is 2.11. The van der Waals surface area contributed by atoms with Gasteiger partial charge in [-0.15, -0.1) is 0 Å². The van der Waals surface area contributed by atoms with Gasteiger partial charge in [-0.1, -0.05) is 43.3 Å². The SMILES string of the molecule is CC(=O)c1cc(-c2ccccc2C)cc(-c2cccc(O)c2)n1.CCN. The normalized spacial score (nSPS) is 10.0. The zero-order chi connectivity index (χ0) is 19.1. The molecule has 0 aliphatic heterocycles. The van der Waals surface area contributed by atoms with E-state index in [9.17, 15) is 9.90 Å². The van der Waals surface area contributed by atoms with Crippen LogP contribution < -0.4 is 5.73 Å². The summed E-state index contributed by atoms with van der Waals surface area (Å²) in [5.74, 6) is 0.0943. The molecule has 2 aromatic carbocycles. The molecule has 0 bridgehead atoms. The minimum atomic E-state index is -0.0816. The molecule has 0 spiro atoms. The predicted molar refractivity (Wildman–Crippen MR) is 106 cm³/mol. The number of carbonyl (C=O) groups excluding carboxylic acids is 1. The van der Waals surface area contributed by atoms with E-state index in [4.69, 9.17) is 5.73 Å². The summed E-state index contributed by atoms with van der Waals surface area (Å²) in [6.45, 7) is 6.20. The van der Waals surface area contributed by atoms with E-state index >= 15 is 0 Å². The first-order chi connectivity index (χ1) is 12.5. The van der Waals surface area contributed by atoms with Gasteiger partial charge in [-0.25, -0.2) is 4.98 Å². The van der Waals surface area contributed by atoms with Crippen molar-refractivity contribution in [3.63, 3.8) is 0 Å². The fraction of sp³-hybridized carbons (Fsp3) is 0.182. The molecular formula is C22H24N2O2. The molecule has 0 radical (unpaired) electrons. The Labute approximate surface area is 154 Å². The zero-order valence-electron chi connectivity index (χ0n) is 15.4. The Bertz CT molecular complexity index is 904. The summed E-state index contributed by atoms with van der Waals surface area (Å²) in [6, 6.07) is 18.7. The second-order valence-electron chi connectivity index (χ2n) is 5.96. The number of hydrogen-bond acceptors (Lipinski definition) is 4. The molecule has 26 heavy (non-hydrogen) atoms. The number of aromatic hydroxyl groups is 1. The molecule has 3 N–H and O–H groups in total. The summed E-state index contributed by atoms with van der Waals surface area (Å²) in [7, 11) is 0. The Balaban J connectivity index is 0.000000758. The van der Waals surface area contributed by atoms with E-state index in [-0.39, 0.29) is 11.5 Å². The average molecular weight is 348 g/mol. The van der Waals surface area contributed by atoms with Crippen molar-refractivity contribution in [1.29, 1.82) is 0 Å². The van der Waals surface area contributed by atoms with Crippen LogP contribution >= 0.6 is 0 Å². The molecule has 0 aliphatic rings. The van der Waals surface area contributed by atoms with Crippen molar-refractivity contribution in [3.8, 4) is 28.1 Å². The van der Waals surface area contributed by atoms with Gasteiger partial charge in [-0.2, -0.15) is 0 Å². The highest BCUT2D eigenvalue weighted by atomic mass is 16.3. The number of rotatable bonds is 3. The Morgan fingerprint density at radius 2 is 1.73 bits per heavy atom. The average Bonchev–Trinajstić information content (AvgIpc) is 2.62. The first kappa shape index (κ1) is 19.3. The number of ketones is 1. The number of aryl methyl sites for hydroxylation is 1. The quantitative estimate of drug-likeness (QED) is 0.678. The number of aromatic nitrogens is 1. The van der Waals surface area contributed by atoms with E-state index < -0.39 is 0 Å². The lowest BCUT2D eigenvalue weighted by atomic mass is 9.98. The lowest BCUT2D eigenvalue weighted by Crippen LogP contribution is -1.99. The second kappa shape index (κ2) is 8.92. The fourth-order valence-electron chi connectivity index (χ4n) is 2.58. The highest BCUT2D eigenvalue weighted by Crippen LogP contribution is 2.29. The molecule has 4 heteroatoms. The molecule has 1 heterocycles. The molecule has 3 aromatic rings. The van der Waals surface area contributed by atoms with Crippen molar-refractivity contribution in [2.75, 3.05) is 6.54 Å². The van der Waals surface area contributed by atoms with Crippen LogP contribution in [0.25, 0.3) is 22.4 Å². The molecule has 4 nitrogen and oxygen atoms in total. The van der Waals surface area contributed by atoms with Crippen molar-refractivity contribution in [1.82, 2.24) is 4.98 Å². The topological polar surface area (TPSA) is 76.2 Å². The maximum atomic E-state index is 11.9. The Morgan fingerprint density at radius 1 is 1.04 bits per heavy atom. The Kier molecular flexibility index (Phi) is 6.64. The van der Waals surface area contributed by atoms with E-state index in [2.05, 4.69) is 4.98 Å². The summed E-state index contributed by atoms with van der Waals surface area (Å²) in [4.78, 5) is 16.3. The van der Waals surface area contributed by atoms with Crippen molar-refractivity contribution >= 4 is 5.78 Å². The number of nitrogens with two attached hydrogens (primary N) is 1. The maximum Gasteiger partial charge on any atom is 0.178 e. The first-order valence-electron chi connectivity index (χ1n) is 8.54. The summed E-state index contributed by atoms with van der Waals surface area (Å²) < 4.78 is 0. The number of nitrogens with zero attached hydrogens (tertiary/aromatic N) is 1. The van der Waals surface area contributed by atoms with Crippen LogP contribution in [-0.4, -0.2) is 22.4 Å². The van der Waals surface area contributed by atoms with Gasteiger partial charge in [0, 0.05) is 12.5 Å². The van der Waals surface area contributed by atoms with Gasteiger partial charge in [-0.05, 0) is 54.4 Å². The van der Waals surface area contributed by atoms with E-state index in [0.717, 1.165) is 28.8 Å². The molecule has 0 saturated heterocycles. The number of carbonyl (C=O) groups is 1. The van der Waals surface area contributed by atoms with Crippen LogP contribution in [0.5, 0.6) is 5.75 Å². The number of phenols is 1. The van der Waals surface area contributed by atoms with Crippen LogP contribution in [0.4, 0.5) is 0 Å². The van der Waals surface area contributed by atoms with Gasteiger partial charge >= 0.3 is 0 Å². The monoisotopic (exact) mass is 348 g/mol. The van der Waals surface area contributed by atoms with Gasteiger partial charge < -0.3 is 10.8 Å². The lowest BCUT2D eigenvalue weighted by molar-refractivity contribution is 0.101. The maximum absolute atomic E-state index is 11.9. The Hall–Kier alpha value is -2.98. The Morgan fingerprint density at radius 3 is 2.35 bits per heavy atom. The molecule has 0 saturated carbocycles. The summed E-state index contributed by atoms with van der Waals surface area (Å²) in [5.41, 5.74) is 9.87. The van der Waals surface area contributed by atoms with E-state index in [1.807, 2.05) is 56.3 Å². The van der Waals surface area contributed by atoms with E-state index in [1.165, 1.54) is 6.92 Å². The molecule has 134 valence electrons. The van der Waals surface area contributed by atoms with Gasteiger partial charge in [-0.3, -0.25) is 4.79 Å². The third-order valence-electron chi connectivity index (χ3n) is 3.78. The minimum absolute atomic E-state index is 0.0816. The van der Waals surface area contributed by atoms with Gasteiger partial charge in [0.15, 0.2) is 5.78 Å².